The highest BCUT2D eigenvalue weighted by atomic mass is 32.2. The summed E-state index contributed by atoms with van der Waals surface area (Å²) in [5.74, 6) is -0.994. The predicted octanol–water partition coefficient (Wildman–Crippen LogP) is 3.15. The monoisotopic (exact) mass is 350 g/mol. The van der Waals surface area contributed by atoms with Crippen LogP contribution in [0.2, 0.25) is 0 Å². The molecule has 0 unspecified atom stereocenters. The number of carbonyl (C=O) groups is 1. The Morgan fingerprint density at radius 3 is 2.33 bits per heavy atom. The van der Waals surface area contributed by atoms with Gasteiger partial charge in [0.05, 0.1) is 4.90 Å². The van der Waals surface area contributed by atoms with Gasteiger partial charge >= 0.3 is 0 Å². The first kappa shape index (κ1) is 18.1. The van der Waals surface area contributed by atoms with E-state index in [9.17, 15) is 17.6 Å². The van der Waals surface area contributed by atoms with Gasteiger partial charge in [0.1, 0.15) is 5.82 Å². The van der Waals surface area contributed by atoms with Crippen LogP contribution in [0.1, 0.15) is 31.1 Å². The van der Waals surface area contributed by atoms with Crippen molar-refractivity contribution in [1.29, 1.82) is 0 Å². The van der Waals surface area contributed by atoms with Gasteiger partial charge in [-0.05, 0) is 57.2 Å². The second kappa shape index (κ2) is 6.70. The van der Waals surface area contributed by atoms with Gasteiger partial charge in [-0.2, -0.15) is 0 Å². The molecule has 2 rings (SSSR count). The lowest BCUT2D eigenvalue weighted by Crippen LogP contribution is -2.40. The molecule has 2 N–H and O–H groups in total. The highest BCUT2D eigenvalue weighted by Gasteiger charge is 2.22. The van der Waals surface area contributed by atoms with Crippen molar-refractivity contribution in [2.75, 3.05) is 5.32 Å². The third-order valence-corrected chi connectivity index (χ3v) is 4.69. The van der Waals surface area contributed by atoms with Crippen molar-refractivity contribution < 1.29 is 17.6 Å². The zero-order valence-electron chi connectivity index (χ0n) is 13.6. The van der Waals surface area contributed by atoms with Gasteiger partial charge in [0.25, 0.3) is 5.91 Å². The normalized spacial score (nSPS) is 12.0. The Labute approximate surface area is 141 Å². The fourth-order valence-corrected chi connectivity index (χ4v) is 3.50. The average Bonchev–Trinajstić information content (AvgIpc) is 2.45. The van der Waals surface area contributed by atoms with Crippen molar-refractivity contribution >= 4 is 21.6 Å². The summed E-state index contributed by atoms with van der Waals surface area (Å²) in [7, 11) is -3.74. The van der Waals surface area contributed by atoms with Crippen LogP contribution in [0.3, 0.4) is 0 Å². The van der Waals surface area contributed by atoms with E-state index in [2.05, 4.69) is 10.0 Å². The standard InChI is InChI=1S/C17H19FN2O3S/c1-17(2,3)20-24(22,23)15-9-4-6-12(10-15)16(21)19-14-8-5-7-13(18)11-14/h4-11,20H,1-3H3,(H,19,21). The van der Waals surface area contributed by atoms with E-state index in [1.54, 1.807) is 26.8 Å². The first-order valence-electron chi connectivity index (χ1n) is 7.28. The molecule has 0 fully saturated rings. The summed E-state index contributed by atoms with van der Waals surface area (Å²) in [5, 5.41) is 2.53. The summed E-state index contributed by atoms with van der Waals surface area (Å²) in [5.41, 5.74) is -0.185. The van der Waals surface area contributed by atoms with Gasteiger partial charge in [0.15, 0.2) is 0 Å². The Morgan fingerprint density at radius 2 is 1.71 bits per heavy atom. The molecular formula is C17H19FN2O3S. The van der Waals surface area contributed by atoms with Gasteiger partial charge in [-0.15, -0.1) is 0 Å². The van der Waals surface area contributed by atoms with Crippen LogP contribution in [0.25, 0.3) is 0 Å². The second-order valence-corrected chi connectivity index (χ2v) is 8.03. The van der Waals surface area contributed by atoms with Crippen LogP contribution in [-0.2, 0) is 10.0 Å². The van der Waals surface area contributed by atoms with Gasteiger partial charge in [-0.1, -0.05) is 12.1 Å². The zero-order chi connectivity index (χ0) is 18.0. The molecule has 0 heterocycles. The van der Waals surface area contributed by atoms with E-state index in [-0.39, 0.29) is 10.5 Å². The molecule has 0 bridgehead atoms. The second-order valence-electron chi connectivity index (χ2n) is 6.35. The van der Waals surface area contributed by atoms with Gasteiger partial charge in [-0.3, -0.25) is 4.79 Å². The van der Waals surface area contributed by atoms with Gasteiger partial charge in [0, 0.05) is 16.8 Å². The summed E-state index contributed by atoms with van der Waals surface area (Å²) in [6.45, 7) is 5.18. The molecule has 0 atom stereocenters. The van der Waals surface area contributed by atoms with Crippen LogP contribution < -0.4 is 10.0 Å². The number of benzene rings is 2. The zero-order valence-corrected chi connectivity index (χ0v) is 14.4. The minimum atomic E-state index is -3.74. The first-order chi connectivity index (χ1) is 11.1. The van der Waals surface area contributed by atoms with E-state index < -0.39 is 27.3 Å². The summed E-state index contributed by atoms with van der Waals surface area (Å²) < 4.78 is 40.4. The van der Waals surface area contributed by atoms with Gasteiger partial charge in [0.2, 0.25) is 10.0 Å². The molecule has 0 spiro atoms. The highest BCUT2D eigenvalue weighted by molar-refractivity contribution is 7.89. The van der Waals surface area contributed by atoms with Crippen molar-refractivity contribution in [3.8, 4) is 0 Å². The number of nitrogens with one attached hydrogen (secondary N) is 2. The molecular weight excluding hydrogens is 331 g/mol. The number of halogens is 1. The predicted molar refractivity (Wildman–Crippen MR) is 90.9 cm³/mol. The number of hydrogen-bond donors (Lipinski definition) is 2. The van der Waals surface area contributed by atoms with Crippen LogP contribution in [-0.4, -0.2) is 19.9 Å². The number of hydrogen-bond acceptors (Lipinski definition) is 3. The van der Waals surface area contributed by atoms with Gasteiger partial charge < -0.3 is 5.32 Å². The quantitative estimate of drug-likeness (QED) is 0.889. The van der Waals surface area contributed by atoms with Crippen molar-refractivity contribution in [2.24, 2.45) is 0 Å². The van der Waals surface area contributed by atoms with E-state index in [4.69, 9.17) is 0 Å². The molecule has 0 aliphatic carbocycles. The molecule has 2 aromatic carbocycles. The largest absolute Gasteiger partial charge is 0.322 e. The van der Waals surface area contributed by atoms with Crippen LogP contribution in [0.5, 0.6) is 0 Å². The lowest BCUT2D eigenvalue weighted by Gasteiger charge is -2.20. The topological polar surface area (TPSA) is 75.3 Å². The SMILES string of the molecule is CC(C)(C)NS(=O)(=O)c1cccc(C(=O)Nc2cccc(F)c2)c1. The third-order valence-electron chi connectivity index (χ3n) is 2.93. The maximum atomic E-state index is 13.2. The Bertz CT molecular complexity index is 858. The molecule has 7 heteroatoms. The molecule has 0 aliphatic rings. The Morgan fingerprint density at radius 1 is 1.04 bits per heavy atom. The lowest BCUT2D eigenvalue weighted by atomic mass is 10.1. The van der Waals surface area contributed by atoms with Crippen LogP contribution in [0.4, 0.5) is 10.1 Å². The summed E-state index contributed by atoms with van der Waals surface area (Å²) >= 11 is 0. The van der Waals surface area contributed by atoms with E-state index in [1.807, 2.05) is 0 Å². The number of amides is 1. The van der Waals surface area contributed by atoms with Crippen LogP contribution in [0, 0.1) is 5.82 Å². The lowest BCUT2D eigenvalue weighted by molar-refractivity contribution is 0.102. The molecule has 0 aromatic heterocycles. The Kier molecular flexibility index (Phi) is 5.05. The molecule has 5 nitrogen and oxygen atoms in total. The molecule has 1 amide bonds. The van der Waals surface area contributed by atoms with Crippen molar-refractivity contribution in [2.45, 2.75) is 31.2 Å². The van der Waals surface area contributed by atoms with E-state index in [0.29, 0.717) is 5.69 Å². The molecule has 0 saturated heterocycles. The maximum absolute atomic E-state index is 13.2. The third kappa shape index (κ3) is 4.87. The summed E-state index contributed by atoms with van der Waals surface area (Å²) in [6.07, 6.45) is 0. The molecule has 24 heavy (non-hydrogen) atoms. The minimum absolute atomic E-state index is 0.00989. The number of rotatable bonds is 4. The van der Waals surface area contributed by atoms with E-state index in [0.717, 1.165) is 0 Å². The van der Waals surface area contributed by atoms with E-state index in [1.165, 1.54) is 42.5 Å². The maximum Gasteiger partial charge on any atom is 0.255 e. The molecule has 0 radical (unpaired) electrons. The number of anilines is 1. The average molecular weight is 350 g/mol. The summed E-state index contributed by atoms with van der Waals surface area (Å²) in [4.78, 5) is 12.2. The Balaban J connectivity index is 2.25. The number of sulfonamides is 1. The van der Waals surface area contributed by atoms with E-state index >= 15 is 0 Å². The van der Waals surface area contributed by atoms with Crippen molar-refractivity contribution in [3.05, 3.63) is 59.9 Å². The molecule has 2 aromatic rings. The van der Waals surface area contributed by atoms with Crippen molar-refractivity contribution in [3.63, 3.8) is 0 Å². The molecule has 0 aliphatic heterocycles. The fourth-order valence-electron chi connectivity index (χ4n) is 2.04. The van der Waals surface area contributed by atoms with Crippen LogP contribution >= 0.6 is 0 Å². The Hall–Kier alpha value is -2.25. The van der Waals surface area contributed by atoms with Crippen LogP contribution in [0.15, 0.2) is 53.4 Å². The first-order valence-corrected chi connectivity index (χ1v) is 8.76. The highest BCUT2D eigenvalue weighted by Crippen LogP contribution is 2.16. The minimum Gasteiger partial charge on any atom is -0.322 e. The number of carbonyl (C=O) groups excluding carboxylic acids is 1. The van der Waals surface area contributed by atoms with Gasteiger partial charge in [-0.25, -0.2) is 17.5 Å². The summed E-state index contributed by atoms with van der Waals surface area (Å²) in [6, 6.07) is 11.1. The fraction of sp³-hybridized carbons (Fsp3) is 0.235. The smallest absolute Gasteiger partial charge is 0.255 e. The van der Waals surface area contributed by atoms with Crippen molar-refractivity contribution in [1.82, 2.24) is 4.72 Å². The molecule has 0 saturated carbocycles. The molecule has 128 valence electrons.